The third-order valence-corrected chi connectivity index (χ3v) is 8.19. The fourth-order valence-electron chi connectivity index (χ4n) is 4.23. The summed E-state index contributed by atoms with van der Waals surface area (Å²) in [7, 11) is -3.64. The van der Waals surface area contributed by atoms with Gasteiger partial charge in [0.05, 0.1) is 4.90 Å². The van der Waals surface area contributed by atoms with Crippen molar-refractivity contribution in [2.75, 3.05) is 52.4 Å². The Kier molecular flexibility index (Phi) is 8.27. The normalized spacial score (nSPS) is 21.2. The highest BCUT2D eigenvalue weighted by Crippen LogP contribution is 2.20. The molecule has 1 aromatic rings. The van der Waals surface area contributed by atoms with Crippen LogP contribution < -0.4 is 5.32 Å². The van der Waals surface area contributed by atoms with Crippen molar-refractivity contribution in [2.24, 2.45) is 0 Å². The quantitative estimate of drug-likeness (QED) is 0.671. The van der Waals surface area contributed by atoms with Gasteiger partial charge in [0.1, 0.15) is 0 Å². The number of aryl methyl sites for hydroxylation is 1. The molecule has 3 rings (SSSR count). The standard InChI is InChI=1S/C22H36N4O3S/c1-19-6-8-21(9-7-19)30(28,29)26(18-17-24-13-4-3-5-20(24)2)14-10-22(27)25-15-11-23-12-16-25/h6-9,20,23H,3-5,10-18H2,1-2H3. The maximum atomic E-state index is 13.4. The largest absolute Gasteiger partial charge is 0.340 e. The molecule has 2 fully saturated rings. The van der Waals surface area contributed by atoms with Crippen LogP contribution in [0.1, 0.15) is 38.2 Å². The number of sulfonamides is 1. The van der Waals surface area contributed by atoms with Crippen molar-refractivity contribution >= 4 is 15.9 Å². The molecule has 0 radical (unpaired) electrons. The molecule has 168 valence electrons. The number of carbonyl (C=O) groups excluding carboxylic acids is 1. The Morgan fingerprint density at radius 2 is 1.80 bits per heavy atom. The molecule has 1 unspecified atom stereocenters. The zero-order valence-corrected chi connectivity index (χ0v) is 19.2. The summed E-state index contributed by atoms with van der Waals surface area (Å²) in [6.07, 6.45) is 3.78. The Morgan fingerprint density at radius 1 is 1.10 bits per heavy atom. The van der Waals surface area contributed by atoms with Gasteiger partial charge in [-0.2, -0.15) is 4.31 Å². The highest BCUT2D eigenvalue weighted by Gasteiger charge is 2.28. The molecular formula is C22H36N4O3S. The Morgan fingerprint density at radius 3 is 2.47 bits per heavy atom. The number of nitrogens with one attached hydrogen (secondary N) is 1. The van der Waals surface area contributed by atoms with E-state index in [1.807, 2.05) is 24.0 Å². The number of rotatable bonds is 8. The average molecular weight is 437 g/mol. The van der Waals surface area contributed by atoms with Crippen molar-refractivity contribution in [2.45, 2.75) is 50.5 Å². The molecule has 2 aliphatic rings. The van der Waals surface area contributed by atoms with E-state index in [-0.39, 0.29) is 18.9 Å². The summed E-state index contributed by atoms with van der Waals surface area (Å²) in [5.41, 5.74) is 1.02. The van der Waals surface area contributed by atoms with Crippen molar-refractivity contribution in [1.29, 1.82) is 0 Å². The number of carbonyl (C=O) groups is 1. The summed E-state index contributed by atoms with van der Waals surface area (Å²) in [5, 5.41) is 3.24. The number of hydrogen-bond acceptors (Lipinski definition) is 5. The van der Waals surface area contributed by atoms with E-state index in [1.54, 1.807) is 12.1 Å². The van der Waals surface area contributed by atoms with Crippen LogP contribution in [-0.2, 0) is 14.8 Å². The maximum Gasteiger partial charge on any atom is 0.243 e. The second-order valence-electron chi connectivity index (χ2n) is 8.48. The number of amides is 1. The Hall–Kier alpha value is -1.48. The minimum absolute atomic E-state index is 0.0342. The number of likely N-dealkylation sites (tertiary alicyclic amines) is 1. The smallest absolute Gasteiger partial charge is 0.243 e. The molecule has 30 heavy (non-hydrogen) atoms. The van der Waals surface area contributed by atoms with Gasteiger partial charge in [0, 0.05) is 58.3 Å². The minimum Gasteiger partial charge on any atom is -0.340 e. The van der Waals surface area contributed by atoms with Crippen LogP contribution in [-0.4, -0.2) is 86.8 Å². The van der Waals surface area contributed by atoms with E-state index in [0.717, 1.165) is 38.0 Å². The van der Waals surface area contributed by atoms with Gasteiger partial charge in [-0.05, 0) is 45.4 Å². The molecule has 0 saturated carbocycles. The molecule has 0 aromatic heterocycles. The third-order valence-electron chi connectivity index (χ3n) is 6.28. The number of benzene rings is 1. The van der Waals surface area contributed by atoms with E-state index in [9.17, 15) is 13.2 Å². The fourth-order valence-corrected chi connectivity index (χ4v) is 5.67. The molecule has 1 atom stereocenters. The molecular weight excluding hydrogens is 400 g/mol. The van der Waals surface area contributed by atoms with Crippen LogP contribution in [0.2, 0.25) is 0 Å². The lowest BCUT2D eigenvalue weighted by Crippen LogP contribution is -2.48. The van der Waals surface area contributed by atoms with Gasteiger partial charge >= 0.3 is 0 Å². The summed E-state index contributed by atoms with van der Waals surface area (Å²) in [6.45, 7) is 9.48. The van der Waals surface area contributed by atoms with E-state index in [0.29, 0.717) is 37.1 Å². The first-order valence-corrected chi connectivity index (χ1v) is 12.6. The summed E-state index contributed by atoms with van der Waals surface area (Å²) in [6, 6.07) is 7.46. The zero-order chi connectivity index (χ0) is 21.6. The summed E-state index contributed by atoms with van der Waals surface area (Å²) < 4.78 is 28.2. The highest BCUT2D eigenvalue weighted by molar-refractivity contribution is 7.89. The molecule has 1 N–H and O–H groups in total. The van der Waals surface area contributed by atoms with Gasteiger partial charge < -0.3 is 10.2 Å². The van der Waals surface area contributed by atoms with Gasteiger partial charge in [-0.1, -0.05) is 24.1 Å². The molecule has 0 bridgehead atoms. The van der Waals surface area contributed by atoms with Gasteiger partial charge in [-0.15, -0.1) is 0 Å². The molecule has 2 aliphatic heterocycles. The number of piperazine rings is 1. The van der Waals surface area contributed by atoms with E-state index in [2.05, 4.69) is 17.1 Å². The lowest BCUT2D eigenvalue weighted by molar-refractivity contribution is -0.131. The van der Waals surface area contributed by atoms with Gasteiger partial charge in [-0.3, -0.25) is 9.69 Å². The minimum atomic E-state index is -3.64. The van der Waals surface area contributed by atoms with Gasteiger partial charge in [0.2, 0.25) is 15.9 Å². The highest BCUT2D eigenvalue weighted by atomic mass is 32.2. The monoisotopic (exact) mass is 436 g/mol. The molecule has 2 saturated heterocycles. The Bertz CT molecular complexity index is 791. The maximum absolute atomic E-state index is 13.4. The van der Waals surface area contributed by atoms with E-state index in [4.69, 9.17) is 0 Å². The summed E-state index contributed by atoms with van der Waals surface area (Å²) >= 11 is 0. The first kappa shape index (κ1) is 23.2. The lowest BCUT2D eigenvalue weighted by atomic mass is 10.0. The zero-order valence-electron chi connectivity index (χ0n) is 18.3. The van der Waals surface area contributed by atoms with Crippen LogP contribution >= 0.6 is 0 Å². The van der Waals surface area contributed by atoms with E-state index < -0.39 is 10.0 Å². The van der Waals surface area contributed by atoms with Crippen molar-refractivity contribution in [1.82, 2.24) is 19.4 Å². The fraction of sp³-hybridized carbons (Fsp3) is 0.682. The lowest BCUT2D eigenvalue weighted by Gasteiger charge is -2.35. The number of nitrogens with zero attached hydrogens (tertiary/aromatic N) is 3. The Balaban J connectivity index is 1.69. The van der Waals surface area contributed by atoms with Crippen molar-refractivity contribution in [3.8, 4) is 0 Å². The second-order valence-corrected chi connectivity index (χ2v) is 10.4. The summed E-state index contributed by atoms with van der Waals surface area (Å²) in [5.74, 6) is 0.0342. The Labute approximate surface area is 181 Å². The molecule has 0 aliphatic carbocycles. The molecule has 7 nitrogen and oxygen atoms in total. The van der Waals surface area contributed by atoms with Crippen LogP contribution in [0.3, 0.4) is 0 Å². The topological polar surface area (TPSA) is 73.0 Å². The van der Waals surface area contributed by atoms with Crippen molar-refractivity contribution < 1.29 is 13.2 Å². The number of piperidine rings is 1. The summed E-state index contributed by atoms with van der Waals surface area (Å²) in [4.78, 5) is 17.1. The van der Waals surface area contributed by atoms with E-state index in [1.165, 1.54) is 10.7 Å². The van der Waals surface area contributed by atoms with Crippen LogP contribution in [0.25, 0.3) is 0 Å². The average Bonchev–Trinajstić information content (AvgIpc) is 2.75. The first-order valence-electron chi connectivity index (χ1n) is 11.2. The SMILES string of the molecule is Cc1ccc(S(=O)(=O)N(CCC(=O)N2CCNCC2)CCN2CCCCC2C)cc1. The van der Waals surface area contributed by atoms with Crippen LogP contribution in [0, 0.1) is 6.92 Å². The molecule has 1 aromatic carbocycles. The third kappa shape index (κ3) is 6.03. The predicted octanol–water partition coefficient (Wildman–Crippen LogP) is 1.68. The predicted molar refractivity (Wildman–Crippen MR) is 119 cm³/mol. The van der Waals surface area contributed by atoms with E-state index >= 15 is 0 Å². The molecule has 0 spiro atoms. The van der Waals surface area contributed by atoms with Crippen molar-refractivity contribution in [3.63, 3.8) is 0 Å². The van der Waals surface area contributed by atoms with Gasteiger partial charge in [-0.25, -0.2) is 8.42 Å². The van der Waals surface area contributed by atoms with Crippen LogP contribution in [0.4, 0.5) is 0 Å². The van der Waals surface area contributed by atoms with Gasteiger partial charge in [0.15, 0.2) is 0 Å². The van der Waals surface area contributed by atoms with Crippen LogP contribution in [0.15, 0.2) is 29.2 Å². The van der Waals surface area contributed by atoms with Crippen molar-refractivity contribution in [3.05, 3.63) is 29.8 Å². The first-order chi connectivity index (χ1) is 14.4. The number of hydrogen-bond donors (Lipinski definition) is 1. The molecule has 8 heteroatoms. The van der Waals surface area contributed by atoms with Gasteiger partial charge in [0.25, 0.3) is 0 Å². The second kappa shape index (κ2) is 10.7. The molecule has 2 heterocycles. The molecule has 1 amide bonds. The van der Waals surface area contributed by atoms with Crippen LogP contribution in [0.5, 0.6) is 0 Å².